The van der Waals surface area contributed by atoms with Gasteiger partial charge in [0, 0.05) is 6.54 Å². The molecule has 1 heterocycles. The lowest BCUT2D eigenvalue weighted by Crippen LogP contribution is -2.36. The highest BCUT2D eigenvalue weighted by Crippen LogP contribution is 2.28. The van der Waals surface area contributed by atoms with Crippen molar-refractivity contribution in [2.24, 2.45) is 0 Å². The van der Waals surface area contributed by atoms with Crippen LogP contribution in [0, 0.1) is 0 Å². The Hall–Kier alpha value is -2.73. The van der Waals surface area contributed by atoms with Gasteiger partial charge in [-0.25, -0.2) is 0 Å². The molecule has 1 atom stereocenters. The fraction of sp³-hybridized carbons (Fsp3) is 0.381. The van der Waals surface area contributed by atoms with Crippen molar-refractivity contribution in [1.82, 2.24) is 10.2 Å². The van der Waals surface area contributed by atoms with Crippen LogP contribution in [0.2, 0.25) is 0 Å². The summed E-state index contributed by atoms with van der Waals surface area (Å²) in [5.74, 6) is 0.946. The van der Waals surface area contributed by atoms with Gasteiger partial charge in [0.15, 0.2) is 0 Å². The first-order valence-electron chi connectivity index (χ1n) is 9.15. The van der Waals surface area contributed by atoms with E-state index in [9.17, 15) is 9.90 Å². The van der Waals surface area contributed by atoms with Gasteiger partial charge in [0.2, 0.25) is 0 Å². The number of rotatable bonds is 7. The summed E-state index contributed by atoms with van der Waals surface area (Å²) in [6.45, 7) is 2.45. The number of nitrogens with one attached hydrogen (secondary N) is 1. The van der Waals surface area contributed by atoms with Crippen molar-refractivity contribution in [2.75, 3.05) is 33.9 Å². The van der Waals surface area contributed by atoms with E-state index >= 15 is 0 Å². The Bertz CT molecular complexity index is 788. The van der Waals surface area contributed by atoms with E-state index < -0.39 is 0 Å². The third-order valence-corrected chi connectivity index (χ3v) is 4.96. The Morgan fingerprint density at radius 1 is 1.11 bits per heavy atom. The molecular weight excluding hydrogens is 344 g/mol. The van der Waals surface area contributed by atoms with Crippen LogP contribution in [0.4, 0.5) is 0 Å². The van der Waals surface area contributed by atoms with Crippen molar-refractivity contribution < 1.29 is 19.4 Å². The summed E-state index contributed by atoms with van der Waals surface area (Å²) >= 11 is 0. The summed E-state index contributed by atoms with van der Waals surface area (Å²) in [6, 6.07) is 12.6. The van der Waals surface area contributed by atoms with E-state index in [2.05, 4.69) is 16.3 Å². The van der Waals surface area contributed by atoms with Crippen LogP contribution in [-0.4, -0.2) is 49.8 Å². The Morgan fingerprint density at radius 2 is 1.81 bits per heavy atom. The topological polar surface area (TPSA) is 71.0 Å². The monoisotopic (exact) mass is 370 g/mol. The molecule has 0 aliphatic carbocycles. The molecule has 3 rings (SSSR count). The van der Waals surface area contributed by atoms with Crippen LogP contribution >= 0.6 is 0 Å². The molecule has 2 aromatic carbocycles. The van der Waals surface area contributed by atoms with Gasteiger partial charge in [0.25, 0.3) is 5.91 Å². The van der Waals surface area contributed by atoms with Gasteiger partial charge in [-0.2, -0.15) is 0 Å². The largest absolute Gasteiger partial charge is 0.507 e. The number of carbonyl (C=O) groups excluding carboxylic acids is 1. The SMILES string of the molecule is COc1cccc(C(CNC(=O)c2cc(OC)ccc2O)N2CCCC2)c1. The van der Waals surface area contributed by atoms with Gasteiger partial charge in [-0.1, -0.05) is 12.1 Å². The van der Waals surface area contributed by atoms with Gasteiger partial charge >= 0.3 is 0 Å². The molecule has 1 aliphatic rings. The van der Waals surface area contributed by atoms with E-state index in [1.807, 2.05) is 18.2 Å². The van der Waals surface area contributed by atoms with Gasteiger partial charge in [0.1, 0.15) is 17.2 Å². The molecule has 1 fully saturated rings. The number of likely N-dealkylation sites (tertiary alicyclic amines) is 1. The zero-order valence-corrected chi connectivity index (χ0v) is 15.8. The van der Waals surface area contributed by atoms with Crippen molar-refractivity contribution in [1.29, 1.82) is 0 Å². The first-order chi connectivity index (χ1) is 13.1. The fourth-order valence-corrected chi connectivity index (χ4v) is 3.47. The average Bonchev–Trinajstić information content (AvgIpc) is 3.23. The number of carbonyl (C=O) groups is 1. The Kier molecular flexibility index (Phi) is 6.19. The summed E-state index contributed by atoms with van der Waals surface area (Å²) in [5, 5.41) is 13.0. The van der Waals surface area contributed by atoms with E-state index in [0.717, 1.165) is 37.2 Å². The fourth-order valence-electron chi connectivity index (χ4n) is 3.47. The van der Waals surface area contributed by atoms with Gasteiger partial charge in [-0.05, 0) is 61.8 Å². The predicted octanol–water partition coefficient (Wildman–Crippen LogP) is 2.98. The van der Waals surface area contributed by atoms with Crippen LogP contribution < -0.4 is 14.8 Å². The molecule has 2 N–H and O–H groups in total. The number of ether oxygens (including phenoxy) is 2. The summed E-state index contributed by atoms with van der Waals surface area (Å²) < 4.78 is 10.5. The molecular formula is C21H26N2O4. The van der Waals surface area contributed by atoms with Gasteiger partial charge in [0.05, 0.1) is 25.8 Å². The highest BCUT2D eigenvalue weighted by atomic mass is 16.5. The highest BCUT2D eigenvalue weighted by Gasteiger charge is 2.25. The number of hydrogen-bond acceptors (Lipinski definition) is 5. The number of methoxy groups -OCH3 is 2. The molecule has 27 heavy (non-hydrogen) atoms. The average molecular weight is 370 g/mol. The molecule has 0 saturated carbocycles. The second-order valence-corrected chi connectivity index (χ2v) is 6.63. The Balaban J connectivity index is 1.77. The first-order valence-corrected chi connectivity index (χ1v) is 9.15. The van der Waals surface area contributed by atoms with Crippen molar-refractivity contribution in [3.63, 3.8) is 0 Å². The number of hydrogen-bond donors (Lipinski definition) is 2. The molecule has 1 aliphatic heterocycles. The molecule has 1 unspecified atom stereocenters. The molecule has 0 radical (unpaired) electrons. The minimum absolute atomic E-state index is 0.0549. The van der Waals surface area contributed by atoms with Crippen LogP contribution in [0.25, 0.3) is 0 Å². The van der Waals surface area contributed by atoms with Crippen LogP contribution in [-0.2, 0) is 0 Å². The summed E-state index contributed by atoms with van der Waals surface area (Å²) in [5.41, 5.74) is 1.31. The number of nitrogens with zero attached hydrogens (tertiary/aromatic N) is 1. The standard InChI is InChI=1S/C21H26N2O4/c1-26-16-7-5-6-15(12-16)19(23-10-3-4-11-23)14-22-21(25)18-13-17(27-2)8-9-20(18)24/h5-9,12-13,19,24H,3-4,10-11,14H2,1-2H3,(H,22,25). The quantitative estimate of drug-likeness (QED) is 0.784. The smallest absolute Gasteiger partial charge is 0.255 e. The highest BCUT2D eigenvalue weighted by molar-refractivity contribution is 5.97. The number of aromatic hydroxyl groups is 1. The predicted molar refractivity (Wildman–Crippen MR) is 104 cm³/mol. The second-order valence-electron chi connectivity index (χ2n) is 6.63. The maximum atomic E-state index is 12.6. The molecule has 0 spiro atoms. The third kappa shape index (κ3) is 4.52. The van der Waals surface area contributed by atoms with Crippen LogP contribution in [0.3, 0.4) is 0 Å². The zero-order chi connectivity index (χ0) is 19.2. The molecule has 6 nitrogen and oxygen atoms in total. The van der Waals surface area contributed by atoms with E-state index in [1.165, 1.54) is 13.2 Å². The molecule has 6 heteroatoms. The van der Waals surface area contributed by atoms with Crippen LogP contribution in [0.1, 0.15) is 34.8 Å². The number of phenols is 1. The normalized spacial score (nSPS) is 15.3. The third-order valence-electron chi connectivity index (χ3n) is 4.96. The zero-order valence-electron chi connectivity index (χ0n) is 15.8. The van der Waals surface area contributed by atoms with E-state index in [-0.39, 0.29) is 23.3 Å². The van der Waals surface area contributed by atoms with Crippen molar-refractivity contribution in [2.45, 2.75) is 18.9 Å². The molecule has 1 amide bonds. The molecule has 1 saturated heterocycles. The number of phenolic OH excluding ortho intramolecular Hbond substituents is 1. The minimum atomic E-state index is -0.321. The number of benzene rings is 2. The minimum Gasteiger partial charge on any atom is -0.507 e. The lowest BCUT2D eigenvalue weighted by molar-refractivity contribution is 0.0935. The van der Waals surface area contributed by atoms with Crippen molar-refractivity contribution in [3.05, 3.63) is 53.6 Å². The van der Waals surface area contributed by atoms with E-state index in [0.29, 0.717) is 12.3 Å². The summed E-state index contributed by atoms with van der Waals surface area (Å²) in [4.78, 5) is 15.0. The molecule has 0 aromatic heterocycles. The number of amides is 1. The van der Waals surface area contributed by atoms with Gasteiger partial charge in [-0.15, -0.1) is 0 Å². The lowest BCUT2D eigenvalue weighted by atomic mass is 10.0. The second kappa shape index (κ2) is 8.77. The maximum Gasteiger partial charge on any atom is 0.255 e. The molecule has 2 aromatic rings. The van der Waals surface area contributed by atoms with Gasteiger partial charge in [-0.3, -0.25) is 9.69 Å². The summed E-state index contributed by atoms with van der Waals surface area (Å²) in [6.07, 6.45) is 2.32. The maximum absolute atomic E-state index is 12.6. The van der Waals surface area contributed by atoms with Crippen LogP contribution in [0.5, 0.6) is 17.2 Å². The van der Waals surface area contributed by atoms with Crippen molar-refractivity contribution >= 4 is 5.91 Å². The first kappa shape index (κ1) is 19.0. The molecule has 0 bridgehead atoms. The van der Waals surface area contributed by atoms with Crippen LogP contribution in [0.15, 0.2) is 42.5 Å². The van der Waals surface area contributed by atoms with Gasteiger partial charge < -0.3 is 19.9 Å². The van der Waals surface area contributed by atoms with E-state index in [1.54, 1.807) is 19.2 Å². The Morgan fingerprint density at radius 3 is 2.52 bits per heavy atom. The Labute approximate surface area is 159 Å². The summed E-state index contributed by atoms with van der Waals surface area (Å²) in [7, 11) is 3.18. The lowest BCUT2D eigenvalue weighted by Gasteiger charge is -2.28. The van der Waals surface area contributed by atoms with E-state index in [4.69, 9.17) is 9.47 Å². The molecule has 144 valence electrons. The van der Waals surface area contributed by atoms with Crippen molar-refractivity contribution in [3.8, 4) is 17.2 Å².